The van der Waals surface area contributed by atoms with Crippen LogP contribution in [0.15, 0.2) is 33.8 Å². The van der Waals surface area contributed by atoms with Gasteiger partial charge in [0.15, 0.2) is 11.8 Å². The van der Waals surface area contributed by atoms with E-state index in [-0.39, 0.29) is 35.5 Å². The highest BCUT2D eigenvalue weighted by atomic mass is 127. The molecule has 1 heterocycles. The maximum absolute atomic E-state index is 5.48. The molecule has 162 valence electrons. The van der Waals surface area contributed by atoms with Crippen LogP contribution in [0.5, 0.6) is 0 Å². The van der Waals surface area contributed by atoms with E-state index < -0.39 is 0 Å². The van der Waals surface area contributed by atoms with E-state index in [4.69, 9.17) is 9.26 Å². The third-order valence-corrected chi connectivity index (χ3v) is 4.74. The van der Waals surface area contributed by atoms with Crippen LogP contribution in [-0.4, -0.2) is 36.3 Å². The Labute approximate surface area is 191 Å². The second kappa shape index (κ2) is 12.1. The number of hydrogen-bond acceptors (Lipinski definition) is 5. The molecule has 8 heteroatoms. The number of aliphatic imine (C=N–C) groups is 1. The van der Waals surface area contributed by atoms with Crippen LogP contribution in [0.25, 0.3) is 0 Å². The second-order valence-electron chi connectivity index (χ2n) is 7.36. The predicted molar refractivity (Wildman–Crippen MR) is 127 cm³/mol. The Balaban J connectivity index is 0.00000420. The molecule has 2 rings (SSSR count). The summed E-state index contributed by atoms with van der Waals surface area (Å²) in [5.74, 6) is 1.74. The summed E-state index contributed by atoms with van der Waals surface area (Å²) in [6.07, 6.45) is 0.871. The molecule has 0 saturated carbocycles. The molecule has 0 fully saturated rings. The summed E-state index contributed by atoms with van der Waals surface area (Å²) in [6.45, 7) is 12.2. The molecular weight excluding hydrogens is 481 g/mol. The van der Waals surface area contributed by atoms with Crippen molar-refractivity contribution < 1.29 is 9.26 Å². The average molecular weight is 515 g/mol. The largest absolute Gasteiger partial charge is 0.371 e. The minimum absolute atomic E-state index is 0. The van der Waals surface area contributed by atoms with Gasteiger partial charge in [0.05, 0.1) is 6.54 Å². The van der Waals surface area contributed by atoms with Crippen LogP contribution in [0.3, 0.4) is 0 Å². The van der Waals surface area contributed by atoms with Gasteiger partial charge in [0, 0.05) is 25.6 Å². The summed E-state index contributed by atoms with van der Waals surface area (Å²) in [6, 6.07) is 8.80. The molecule has 0 aliphatic rings. The van der Waals surface area contributed by atoms with Gasteiger partial charge in [-0.25, -0.2) is 0 Å². The lowest BCUT2D eigenvalue weighted by molar-refractivity contribution is 0.0683. The van der Waals surface area contributed by atoms with Crippen molar-refractivity contribution in [3.05, 3.63) is 47.1 Å². The van der Waals surface area contributed by atoms with Crippen molar-refractivity contribution in [1.82, 2.24) is 20.8 Å². The standard InChI is InChI=1S/C21H33N5O2.HI/c1-7-16-9-11-17(12-10-16)21(4,5)14-24-20(22-6)23-13-18-25-19(26-28-18)15(3)27-8-2;/h9-12,15H,7-8,13-14H2,1-6H3,(H2,22,23,24);1H. The van der Waals surface area contributed by atoms with Crippen molar-refractivity contribution in [2.24, 2.45) is 4.99 Å². The maximum Gasteiger partial charge on any atom is 0.246 e. The molecule has 2 aromatic rings. The summed E-state index contributed by atoms with van der Waals surface area (Å²) in [4.78, 5) is 8.64. The third kappa shape index (κ3) is 7.58. The highest BCUT2D eigenvalue weighted by Crippen LogP contribution is 2.22. The van der Waals surface area contributed by atoms with E-state index >= 15 is 0 Å². The summed E-state index contributed by atoms with van der Waals surface area (Å²) in [5.41, 5.74) is 2.61. The van der Waals surface area contributed by atoms with E-state index in [0.717, 1.165) is 13.0 Å². The normalized spacial score (nSPS) is 13.0. The lowest BCUT2D eigenvalue weighted by Gasteiger charge is -2.27. The molecule has 0 aliphatic carbocycles. The van der Waals surface area contributed by atoms with E-state index in [1.54, 1.807) is 7.05 Å². The zero-order valence-electron chi connectivity index (χ0n) is 18.3. The molecule has 1 aromatic carbocycles. The van der Waals surface area contributed by atoms with Crippen LogP contribution in [-0.2, 0) is 23.1 Å². The number of nitrogens with zero attached hydrogens (tertiary/aromatic N) is 3. The van der Waals surface area contributed by atoms with Crippen molar-refractivity contribution in [2.45, 2.75) is 59.1 Å². The number of nitrogens with one attached hydrogen (secondary N) is 2. The Kier molecular flexibility index (Phi) is 10.6. The average Bonchev–Trinajstić information content (AvgIpc) is 3.17. The van der Waals surface area contributed by atoms with E-state index in [9.17, 15) is 0 Å². The molecule has 1 unspecified atom stereocenters. The summed E-state index contributed by atoms with van der Waals surface area (Å²) < 4.78 is 10.8. The fraction of sp³-hybridized carbons (Fsp3) is 0.571. The zero-order chi connectivity index (χ0) is 20.6. The van der Waals surface area contributed by atoms with Crippen LogP contribution in [0.2, 0.25) is 0 Å². The zero-order valence-corrected chi connectivity index (χ0v) is 20.6. The molecule has 1 atom stereocenters. The molecule has 7 nitrogen and oxygen atoms in total. The number of hydrogen-bond donors (Lipinski definition) is 2. The van der Waals surface area contributed by atoms with Crippen molar-refractivity contribution in [3.8, 4) is 0 Å². The first kappa shape index (κ1) is 25.4. The molecule has 0 spiro atoms. The van der Waals surface area contributed by atoms with Crippen LogP contribution in [0, 0.1) is 0 Å². The smallest absolute Gasteiger partial charge is 0.246 e. The lowest BCUT2D eigenvalue weighted by Crippen LogP contribution is -2.43. The van der Waals surface area contributed by atoms with Crippen molar-refractivity contribution in [2.75, 3.05) is 20.2 Å². The Bertz CT molecular complexity index is 759. The van der Waals surface area contributed by atoms with Gasteiger partial charge in [0.2, 0.25) is 5.89 Å². The summed E-state index contributed by atoms with van der Waals surface area (Å²) >= 11 is 0. The molecule has 1 aromatic heterocycles. The number of ether oxygens (including phenoxy) is 1. The van der Waals surface area contributed by atoms with Gasteiger partial charge >= 0.3 is 0 Å². The van der Waals surface area contributed by atoms with Gasteiger partial charge in [-0.2, -0.15) is 4.98 Å². The Morgan fingerprint density at radius 2 is 1.90 bits per heavy atom. The molecular formula is C21H34IN5O2. The lowest BCUT2D eigenvalue weighted by atomic mass is 9.84. The highest BCUT2D eigenvalue weighted by molar-refractivity contribution is 14.0. The van der Waals surface area contributed by atoms with Gasteiger partial charge in [0.25, 0.3) is 0 Å². The minimum Gasteiger partial charge on any atom is -0.371 e. The number of halogens is 1. The number of benzene rings is 1. The number of aryl methyl sites for hydroxylation is 1. The molecule has 2 N–H and O–H groups in total. The first-order chi connectivity index (χ1) is 13.4. The molecule has 0 saturated heterocycles. The summed E-state index contributed by atoms with van der Waals surface area (Å²) in [7, 11) is 1.74. The van der Waals surface area contributed by atoms with Gasteiger partial charge in [-0.3, -0.25) is 4.99 Å². The first-order valence-corrected chi connectivity index (χ1v) is 9.87. The fourth-order valence-electron chi connectivity index (χ4n) is 2.81. The molecule has 0 aliphatic heterocycles. The first-order valence-electron chi connectivity index (χ1n) is 9.87. The van der Waals surface area contributed by atoms with Crippen LogP contribution >= 0.6 is 24.0 Å². The highest BCUT2D eigenvalue weighted by Gasteiger charge is 2.21. The van der Waals surface area contributed by atoms with Gasteiger partial charge < -0.3 is 19.9 Å². The van der Waals surface area contributed by atoms with Crippen LogP contribution in [0.4, 0.5) is 0 Å². The molecule has 0 amide bonds. The van der Waals surface area contributed by atoms with Crippen LogP contribution in [0.1, 0.15) is 63.6 Å². The van der Waals surface area contributed by atoms with Gasteiger partial charge in [-0.15, -0.1) is 24.0 Å². The number of guanidine groups is 1. The van der Waals surface area contributed by atoms with E-state index in [1.807, 2.05) is 13.8 Å². The molecule has 29 heavy (non-hydrogen) atoms. The second-order valence-corrected chi connectivity index (χ2v) is 7.36. The van der Waals surface area contributed by atoms with Gasteiger partial charge in [-0.05, 0) is 31.4 Å². The quantitative estimate of drug-likeness (QED) is 0.299. The number of aromatic nitrogens is 2. The monoisotopic (exact) mass is 515 g/mol. The predicted octanol–water partition coefficient (Wildman–Crippen LogP) is 3.99. The SMILES string of the molecule is CCOC(C)c1noc(CNC(=NC)NCC(C)(C)c2ccc(CC)cc2)n1.I. The van der Waals surface area contributed by atoms with Crippen molar-refractivity contribution >= 4 is 29.9 Å². The van der Waals surface area contributed by atoms with E-state index in [2.05, 4.69) is 70.8 Å². The van der Waals surface area contributed by atoms with Gasteiger partial charge in [0.1, 0.15) is 6.10 Å². The van der Waals surface area contributed by atoms with Crippen LogP contribution < -0.4 is 10.6 Å². The van der Waals surface area contributed by atoms with Gasteiger partial charge in [-0.1, -0.05) is 50.2 Å². The Hall–Kier alpha value is -1.68. The molecule has 0 bridgehead atoms. The Morgan fingerprint density at radius 3 is 2.48 bits per heavy atom. The topological polar surface area (TPSA) is 84.6 Å². The fourth-order valence-corrected chi connectivity index (χ4v) is 2.81. The van der Waals surface area contributed by atoms with E-state index in [0.29, 0.717) is 30.8 Å². The minimum atomic E-state index is -0.181. The van der Waals surface area contributed by atoms with Crippen molar-refractivity contribution in [3.63, 3.8) is 0 Å². The Morgan fingerprint density at radius 1 is 1.21 bits per heavy atom. The third-order valence-electron chi connectivity index (χ3n) is 4.74. The van der Waals surface area contributed by atoms with E-state index in [1.165, 1.54) is 11.1 Å². The summed E-state index contributed by atoms with van der Waals surface area (Å²) in [5, 5.41) is 10.6. The maximum atomic E-state index is 5.48. The number of rotatable bonds is 9. The van der Waals surface area contributed by atoms with Crippen molar-refractivity contribution in [1.29, 1.82) is 0 Å². The molecule has 0 radical (unpaired) electrons.